The van der Waals surface area contributed by atoms with Crippen LogP contribution in [0.3, 0.4) is 0 Å². The number of hydrogen-bond donors (Lipinski definition) is 1. The van der Waals surface area contributed by atoms with Gasteiger partial charge in [-0.05, 0) is 44.0 Å². The van der Waals surface area contributed by atoms with Crippen LogP contribution < -0.4 is 10.1 Å². The van der Waals surface area contributed by atoms with Crippen LogP contribution >= 0.6 is 11.6 Å². The van der Waals surface area contributed by atoms with Crippen LogP contribution in [0.5, 0.6) is 5.75 Å². The van der Waals surface area contributed by atoms with E-state index in [4.69, 9.17) is 16.3 Å². The first-order valence-electron chi connectivity index (χ1n) is 7.22. The molecule has 1 aromatic heterocycles. The molecule has 0 bridgehead atoms. The standard InChI is InChI=1S/C16H20ClN3O2/c1-12-10-14(17)4-5-15(12)22-13(2)16(21)19-6-3-8-20-9-7-18-11-20/h4-5,7,9-11,13H,3,6,8H2,1-2H3,(H,19,21). The Labute approximate surface area is 135 Å². The van der Waals surface area contributed by atoms with E-state index >= 15 is 0 Å². The number of nitrogens with one attached hydrogen (secondary N) is 1. The first-order chi connectivity index (χ1) is 10.6. The van der Waals surface area contributed by atoms with E-state index in [1.165, 1.54) is 0 Å². The fraction of sp³-hybridized carbons (Fsp3) is 0.375. The maximum atomic E-state index is 12.0. The highest BCUT2D eigenvalue weighted by atomic mass is 35.5. The minimum absolute atomic E-state index is 0.125. The molecule has 0 aliphatic carbocycles. The van der Waals surface area contributed by atoms with E-state index in [1.54, 1.807) is 31.6 Å². The monoisotopic (exact) mass is 321 g/mol. The van der Waals surface area contributed by atoms with Crippen LogP contribution in [0, 0.1) is 6.92 Å². The summed E-state index contributed by atoms with van der Waals surface area (Å²) in [6.07, 6.45) is 5.69. The molecule has 0 saturated carbocycles. The van der Waals surface area contributed by atoms with Gasteiger partial charge in [0, 0.05) is 30.5 Å². The highest BCUT2D eigenvalue weighted by Crippen LogP contribution is 2.22. The molecule has 1 unspecified atom stereocenters. The highest BCUT2D eigenvalue weighted by Gasteiger charge is 2.15. The lowest BCUT2D eigenvalue weighted by molar-refractivity contribution is -0.127. The van der Waals surface area contributed by atoms with Crippen LogP contribution in [0.15, 0.2) is 36.9 Å². The van der Waals surface area contributed by atoms with Crippen molar-refractivity contribution in [2.75, 3.05) is 6.54 Å². The Bertz CT molecular complexity index is 614. The van der Waals surface area contributed by atoms with Gasteiger partial charge in [0.15, 0.2) is 6.10 Å². The Balaban J connectivity index is 1.74. The van der Waals surface area contributed by atoms with Gasteiger partial charge in [-0.3, -0.25) is 4.79 Å². The average molecular weight is 322 g/mol. The predicted molar refractivity (Wildman–Crippen MR) is 86.1 cm³/mol. The number of carbonyl (C=O) groups excluding carboxylic acids is 1. The third-order valence-corrected chi connectivity index (χ3v) is 3.50. The third kappa shape index (κ3) is 4.77. The highest BCUT2D eigenvalue weighted by molar-refractivity contribution is 6.30. The fourth-order valence-electron chi connectivity index (χ4n) is 2.02. The van der Waals surface area contributed by atoms with Crippen molar-refractivity contribution in [3.8, 4) is 5.75 Å². The lowest BCUT2D eigenvalue weighted by atomic mass is 10.2. The summed E-state index contributed by atoms with van der Waals surface area (Å²) in [4.78, 5) is 16.0. The summed E-state index contributed by atoms with van der Waals surface area (Å²) < 4.78 is 7.65. The largest absolute Gasteiger partial charge is 0.481 e. The molecule has 6 heteroatoms. The van der Waals surface area contributed by atoms with Crippen molar-refractivity contribution in [3.63, 3.8) is 0 Å². The van der Waals surface area contributed by atoms with Crippen molar-refractivity contribution in [2.45, 2.75) is 32.9 Å². The van der Waals surface area contributed by atoms with E-state index in [2.05, 4.69) is 10.3 Å². The van der Waals surface area contributed by atoms with Gasteiger partial charge in [0.1, 0.15) is 5.75 Å². The van der Waals surface area contributed by atoms with Gasteiger partial charge < -0.3 is 14.6 Å². The molecule has 0 saturated heterocycles. The van der Waals surface area contributed by atoms with Crippen LogP contribution in [-0.4, -0.2) is 28.1 Å². The van der Waals surface area contributed by atoms with E-state index in [0.29, 0.717) is 17.3 Å². The molecule has 0 aliphatic rings. The molecule has 0 aliphatic heterocycles. The van der Waals surface area contributed by atoms with E-state index in [0.717, 1.165) is 18.5 Å². The fourth-order valence-corrected chi connectivity index (χ4v) is 2.25. The molecule has 0 fully saturated rings. The quantitative estimate of drug-likeness (QED) is 0.798. The molecule has 22 heavy (non-hydrogen) atoms. The topological polar surface area (TPSA) is 56.1 Å². The number of hydrogen-bond acceptors (Lipinski definition) is 3. The summed E-state index contributed by atoms with van der Waals surface area (Å²) in [7, 11) is 0. The number of halogens is 1. The normalized spacial score (nSPS) is 12.0. The van der Waals surface area contributed by atoms with Gasteiger partial charge in [0.05, 0.1) is 6.33 Å². The lowest BCUT2D eigenvalue weighted by Crippen LogP contribution is -2.37. The Morgan fingerprint density at radius 2 is 2.32 bits per heavy atom. The average Bonchev–Trinajstić information content (AvgIpc) is 2.99. The number of aryl methyl sites for hydroxylation is 2. The Hall–Kier alpha value is -2.01. The summed E-state index contributed by atoms with van der Waals surface area (Å²) in [6.45, 7) is 5.06. The maximum Gasteiger partial charge on any atom is 0.260 e. The number of amides is 1. The number of aromatic nitrogens is 2. The second-order valence-corrected chi connectivity index (χ2v) is 5.55. The smallest absolute Gasteiger partial charge is 0.260 e. The molecular formula is C16H20ClN3O2. The molecule has 0 spiro atoms. The van der Waals surface area contributed by atoms with E-state index in [-0.39, 0.29) is 5.91 Å². The molecule has 1 amide bonds. The third-order valence-electron chi connectivity index (χ3n) is 3.26. The van der Waals surface area contributed by atoms with Crippen molar-refractivity contribution in [1.29, 1.82) is 0 Å². The SMILES string of the molecule is Cc1cc(Cl)ccc1OC(C)C(=O)NCCCn1ccnc1. The summed E-state index contributed by atoms with van der Waals surface area (Å²) in [5.74, 6) is 0.547. The Kier molecular flexibility index (Phi) is 5.83. The molecule has 1 aromatic carbocycles. The molecule has 2 rings (SSSR count). The second-order valence-electron chi connectivity index (χ2n) is 5.11. The summed E-state index contributed by atoms with van der Waals surface area (Å²) in [6, 6.07) is 5.34. The first kappa shape index (κ1) is 16.4. The number of carbonyl (C=O) groups is 1. The Morgan fingerprint density at radius 3 is 3.00 bits per heavy atom. The molecule has 0 radical (unpaired) electrons. The molecule has 2 aromatic rings. The number of rotatable bonds is 7. The van der Waals surface area contributed by atoms with Crippen molar-refractivity contribution in [2.24, 2.45) is 0 Å². The number of nitrogens with zero attached hydrogens (tertiary/aromatic N) is 2. The second kappa shape index (κ2) is 7.84. The lowest BCUT2D eigenvalue weighted by Gasteiger charge is -2.16. The van der Waals surface area contributed by atoms with Crippen LogP contribution in [0.1, 0.15) is 18.9 Å². The van der Waals surface area contributed by atoms with Gasteiger partial charge in [-0.1, -0.05) is 11.6 Å². The molecule has 1 N–H and O–H groups in total. The van der Waals surface area contributed by atoms with Crippen LogP contribution in [0.2, 0.25) is 5.02 Å². The van der Waals surface area contributed by atoms with Gasteiger partial charge in [-0.2, -0.15) is 0 Å². The molecule has 1 atom stereocenters. The van der Waals surface area contributed by atoms with Crippen molar-refractivity contribution < 1.29 is 9.53 Å². The molecule has 118 valence electrons. The van der Waals surface area contributed by atoms with Gasteiger partial charge in [0.2, 0.25) is 0 Å². The van der Waals surface area contributed by atoms with Gasteiger partial charge >= 0.3 is 0 Å². The molecular weight excluding hydrogens is 302 g/mol. The maximum absolute atomic E-state index is 12.0. The number of imidazole rings is 1. The zero-order valence-corrected chi connectivity index (χ0v) is 13.5. The van der Waals surface area contributed by atoms with Gasteiger partial charge in [-0.15, -0.1) is 0 Å². The van der Waals surface area contributed by atoms with Crippen LogP contribution in [-0.2, 0) is 11.3 Å². The number of ether oxygens (including phenoxy) is 1. The Morgan fingerprint density at radius 1 is 1.50 bits per heavy atom. The summed E-state index contributed by atoms with van der Waals surface area (Å²) in [5.41, 5.74) is 0.909. The predicted octanol–water partition coefficient (Wildman–Crippen LogP) is 2.82. The minimum Gasteiger partial charge on any atom is -0.481 e. The van der Waals surface area contributed by atoms with Gasteiger partial charge in [0.25, 0.3) is 5.91 Å². The van der Waals surface area contributed by atoms with Crippen molar-refractivity contribution >= 4 is 17.5 Å². The zero-order chi connectivity index (χ0) is 15.9. The van der Waals surface area contributed by atoms with Gasteiger partial charge in [-0.25, -0.2) is 4.98 Å². The zero-order valence-electron chi connectivity index (χ0n) is 12.8. The van der Waals surface area contributed by atoms with Crippen molar-refractivity contribution in [1.82, 2.24) is 14.9 Å². The first-order valence-corrected chi connectivity index (χ1v) is 7.60. The number of benzene rings is 1. The summed E-state index contributed by atoms with van der Waals surface area (Å²) >= 11 is 5.90. The van der Waals surface area contributed by atoms with Crippen LogP contribution in [0.4, 0.5) is 0 Å². The summed E-state index contributed by atoms with van der Waals surface area (Å²) in [5, 5.41) is 3.53. The van der Waals surface area contributed by atoms with E-state index < -0.39 is 6.10 Å². The van der Waals surface area contributed by atoms with E-state index in [1.807, 2.05) is 23.8 Å². The molecule has 5 nitrogen and oxygen atoms in total. The van der Waals surface area contributed by atoms with Crippen molar-refractivity contribution in [3.05, 3.63) is 47.5 Å². The minimum atomic E-state index is -0.548. The van der Waals surface area contributed by atoms with E-state index in [9.17, 15) is 4.79 Å². The van der Waals surface area contributed by atoms with Crippen LogP contribution in [0.25, 0.3) is 0 Å². The molecule has 1 heterocycles.